The largest absolute Gasteiger partial charge is 0.361 e. The van der Waals surface area contributed by atoms with Crippen LogP contribution in [0.15, 0.2) is 36.5 Å². The smallest absolute Gasteiger partial charge is 0.0538 e. The zero-order valence-electron chi connectivity index (χ0n) is 9.09. The predicted molar refractivity (Wildman–Crippen MR) is 66.9 cm³/mol. The Morgan fingerprint density at radius 2 is 1.81 bits per heavy atom. The van der Waals surface area contributed by atoms with Crippen LogP contribution in [0.2, 0.25) is 0 Å². The second kappa shape index (κ2) is 2.88. The van der Waals surface area contributed by atoms with Crippen LogP contribution in [-0.2, 0) is 12.8 Å². The molecular formula is C15H13N. The van der Waals surface area contributed by atoms with E-state index in [1.807, 2.05) is 0 Å². The Hall–Kier alpha value is -1.76. The van der Waals surface area contributed by atoms with Crippen molar-refractivity contribution in [3.05, 3.63) is 47.7 Å². The van der Waals surface area contributed by atoms with Gasteiger partial charge in [-0.25, -0.2) is 0 Å². The van der Waals surface area contributed by atoms with E-state index in [1.54, 1.807) is 5.56 Å². The average Bonchev–Trinajstić information content (AvgIpc) is 2.68. The van der Waals surface area contributed by atoms with Crippen molar-refractivity contribution in [3.63, 3.8) is 0 Å². The van der Waals surface area contributed by atoms with Gasteiger partial charge in [-0.2, -0.15) is 0 Å². The Kier molecular flexibility index (Phi) is 1.51. The number of rotatable bonds is 0. The summed E-state index contributed by atoms with van der Waals surface area (Å²) in [5, 5.41) is 2.83. The van der Waals surface area contributed by atoms with Crippen molar-refractivity contribution in [2.24, 2.45) is 0 Å². The molecule has 78 valence electrons. The van der Waals surface area contributed by atoms with Gasteiger partial charge in [0.15, 0.2) is 0 Å². The van der Waals surface area contributed by atoms with Gasteiger partial charge in [-0.15, -0.1) is 0 Å². The van der Waals surface area contributed by atoms with Crippen molar-refractivity contribution in [1.29, 1.82) is 0 Å². The fraction of sp³-hybridized carbons (Fsp3) is 0.200. The molecule has 0 atom stereocenters. The van der Waals surface area contributed by atoms with Crippen LogP contribution in [0, 0.1) is 0 Å². The van der Waals surface area contributed by atoms with Crippen molar-refractivity contribution in [1.82, 2.24) is 4.98 Å². The summed E-state index contributed by atoms with van der Waals surface area (Å²) in [5.41, 5.74) is 5.91. The normalized spacial score (nSPS) is 14.8. The number of pyridine rings is 1. The molecule has 3 aliphatic rings. The molecule has 16 heavy (non-hydrogen) atoms. The molecule has 0 saturated carbocycles. The van der Waals surface area contributed by atoms with Gasteiger partial charge in [0.05, 0.1) is 5.69 Å². The van der Waals surface area contributed by atoms with Gasteiger partial charge < -0.3 is 4.98 Å². The van der Waals surface area contributed by atoms with E-state index in [4.69, 9.17) is 0 Å². The predicted octanol–water partition coefficient (Wildman–Crippen LogP) is 3.76. The number of benzene rings is 1. The zero-order chi connectivity index (χ0) is 10.5. The molecule has 4 rings (SSSR count). The molecule has 0 radical (unpaired) electrons. The van der Waals surface area contributed by atoms with E-state index in [-0.39, 0.29) is 0 Å². The molecule has 1 N–H and O–H groups in total. The summed E-state index contributed by atoms with van der Waals surface area (Å²) in [6, 6.07) is 11.0. The monoisotopic (exact) mass is 207 g/mol. The van der Waals surface area contributed by atoms with Gasteiger partial charge in [0.25, 0.3) is 0 Å². The summed E-state index contributed by atoms with van der Waals surface area (Å²) in [4.78, 5) is 3.42. The molecule has 0 spiro atoms. The molecule has 0 aromatic heterocycles. The quantitative estimate of drug-likeness (QED) is 0.577. The van der Waals surface area contributed by atoms with Gasteiger partial charge in [0.2, 0.25) is 0 Å². The van der Waals surface area contributed by atoms with Crippen molar-refractivity contribution < 1.29 is 0 Å². The van der Waals surface area contributed by atoms with Gasteiger partial charge in [0.1, 0.15) is 0 Å². The molecule has 2 aliphatic carbocycles. The lowest BCUT2D eigenvalue weighted by Crippen LogP contribution is -2.01. The summed E-state index contributed by atoms with van der Waals surface area (Å²) in [6.45, 7) is 0. The minimum absolute atomic E-state index is 1.23. The van der Waals surface area contributed by atoms with Crippen molar-refractivity contribution >= 4 is 10.8 Å². The van der Waals surface area contributed by atoms with E-state index in [0.717, 1.165) is 0 Å². The third-order valence-corrected chi connectivity index (χ3v) is 3.78. The lowest BCUT2D eigenvalue weighted by Gasteiger charge is -2.16. The SMILES string of the molecule is c1ccc2c3c4c(cc[nH]c-4c2c1)CCC3. The highest BCUT2D eigenvalue weighted by atomic mass is 14.7. The Labute approximate surface area is 94.4 Å². The molecule has 1 aromatic carbocycles. The maximum atomic E-state index is 3.42. The summed E-state index contributed by atoms with van der Waals surface area (Å²) in [6.07, 6.45) is 5.84. The number of aryl methyl sites for hydroxylation is 2. The maximum absolute atomic E-state index is 3.42. The first-order valence-electron chi connectivity index (χ1n) is 5.95. The molecule has 1 aromatic rings. The molecule has 1 heterocycles. The lowest BCUT2D eigenvalue weighted by atomic mass is 9.91. The molecule has 1 aliphatic heterocycles. The summed E-state index contributed by atoms with van der Waals surface area (Å²) < 4.78 is 0. The Balaban J connectivity index is 2.29. The molecule has 1 nitrogen and oxygen atoms in total. The van der Waals surface area contributed by atoms with Gasteiger partial charge in [0, 0.05) is 17.1 Å². The molecule has 0 amide bonds. The van der Waals surface area contributed by atoms with Gasteiger partial charge >= 0.3 is 0 Å². The van der Waals surface area contributed by atoms with Crippen molar-refractivity contribution in [2.75, 3.05) is 0 Å². The Morgan fingerprint density at radius 3 is 2.75 bits per heavy atom. The first-order valence-corrected chi connectivity index (χ1v) is 5.95. The average molecular weight is 207 g/mol. The van der Waals surface area contributed by atoms with Gasteiger partial charge in [-0.05, 0) is 41.8 Å². The summed E-state index contributed by atoms with van der Waals surface area (Å²) in [5.74, 6) is 0. The number of hydrogen-bond donors (Lipinski definition) is 1. The highest BCUT2D eigenvalue weighted by Gasteiger charge is 2.23. The molecular weight excluding hydrogens is 194 g/mol. The number of aromatic amines is 1. The number of hydrogen-bond acceptors (Lipinski definition) is 0. The summed E-state index contributed by atoms with van der Waals surface area (Å²) >= 11 is 0. The second-order valence-corrected chi connectivity index (χ2v) is 4.63. The number of aromatic nitrogens is 1. The summed E-state index contributed by atoms with van der Waals surface area (Å²) in [7, 11) is 0. The van der Waals surface area contributed by atoms with Crippen LogP contribution in [-0.4, -0.2) is 4.98 Å². The van der Waals surface area contributed by atoms with E-state index in [2.05, 4.69) is 41.5 Å². The van der Waals surface area contributed by atoms with E-state index in [1.165, 1.54) is 46.9 Å². The molecule has 0 unspecified atom stereocenters. The van der Waals surface area contributed by atoms with Crippen LogP contribution >= 0.6 is 0 Å². The van der Waals surface area contributed by atoms with Crippen LogP contribution < -0.4 is 0 Å². The highest BCUT2D eigenvalue weighted by Crippen LogP contribution is 2.42. The first kappa shape index (κ1) is 8.40. The third kappa shape index (κ3) is 0.909. The lowest BCUT2D eigenvalue weighted by molar-refractivity contribution is 0.801. The maximum Gasteiger partial charge on any atom is 0.0538 e. The Morgan fingerprint density at radius 1 is 0.938 bits per heavy atom. The van der Waals surface area contributed by atoms with Crippen molar-refractivity contribution in [2.45, 2.75) is 19.3 Å². The van der Waals surface area contributed by atoms with Crippen LogP contribution in [0.25, 0.3) is 22.0 Å². The van der Waals surface area contributed by atoms with Crippen LogP contribution in [0.5, 0.6) is 0 Å². The van der Waals surface area contributed by atoms with Crippen LogP contribution in [0.1, 0.15) is 17.5 Å². The topological polar surface area (TPSA) is 15.8 Å². The standard InChI is InChI=1S/C15H13N/c1-2-6-13-11(5-1)12-7-3-4-10-8-9-16-15(13)14(10)12/h1-2,5-6,8-9,16H,3-4,7H2. The van der Waals surface area contributed by atoms with E-state index >= 15 is 0 Å². The molecule has 1 heteroatoms. The highest BCUT2D eigenvalue weighted by molar-refractivity contribution is 6.05. The fourth-order valence-electron chi connectivity index (χ4n) is 3.12. The van der Waals surface area contributed by atoms with E-state index in [0.29, 0.717) is 0 Å². The molecule has 0 bridgehead atoms. The minimum Gasteiger partial charge on any atom is -0.361 e. The van der Waals surface area contributed by atoms with Crippen molar-refractivity contribution in [3.8, 4) is 11.3 Å². The molecule has 0 saturated heterocycles. The Bertz CT molecular complexity index is 648. The first-order chi connectivity index (χ1) is 7.95. The van der Waals surface area contributed by atoms with E-state index in [9.17, 15) is 0 Å². The number of fused-ring (bicyclic) bond motifs is 3. The number of nitrogens with one attached hydrogen (secondary N) is 1. The van der Waals surface area contributed by atoms with Crippen LogP contribution in [0.3, 0.4) is 0 Å². The molecule has 0 fully saturated rings. The minimum atomic E-state index is 1.23. The fourth-order valence-corrected chi connectivity index (χ4v) is 3.12. The second-order valence-electron chi connectivity index (χ2n) is 4.63. The van der Waals surface area contributed by atoms with Crippen LogP contribution in [0.4, 0.5) is 0 Å². The zero-order valence-corrected chi connectivity index (χ0v) is 9.09. The third-order valence-electron chi connectivity index (χ3n) is 3.78. The van der Waals surface area contributed by atoms with Gasteiger partial charge in [-0.3, -0.25) is 0 Å². The van der Waals surface area contributed by atoms with E-state index < -0.39 is 0 Å². The number of H-pyrrole nitrogens is 1. The van der Waals surface area contributed by atoms with Gasteiger partial charge in [-0.1, -0.05) is 24.3 Å².